The summed E-state index contributed by atoms with van der Waals surface area (Å²) >= 11 is 5.79. The van der Waals surface area contributed by atoms with Gasteiger partial charge in [0.2, 0.25) is 16.5 Å². The van der Waals surface area contributed by atoms with Gasteiger partial charge in [0, 0.05) is 18.8 Å². The molecule has 34 heavy (non-hydrogen) atoms. The average Bonchev–Trinajstić information content (AvgIpc) is 3.18. The summed E-state index contributed by atoms with van der Waals surface area (Å²) in [6.45, 7) is 6.05. The van der Waals surface area contributed by atoms with Crippen LogP contribution in [0.3, 0.4) is 0 Å². The van der Waals surface area contributed by atoms with Gasteiger partial charge in [0.15, 0.2) is 0 Å². The van der Waals surface area contributed by atoms with Gasteiger partial charge in [0.25, 0.3) is 5.56 Å². The van der Waals surface area contributed by atoms with E-state index >= 15 is 0 Å². The van der Waals surface area contributed by atoms with Crippen molar-refractivity contribution in [3.63, 3.8) is 0 Å². The minimum absolute atomic E-state index is 0.0281. The second-order valence-corrected chi connectivity index (χ2v) is 8.92. The van der Waals surface area contributed by atoms with Crippen molar-refractivity contribution < 1.29 is 4.79 Å². The van der Waals surface area contributed by atoms with E-state index < -0.39 is 0 Å². The van der Waals surface area contributed by atoms with Gasteiger partial charge in [-0.15, -0.1) is 11.7 Å². The molecule has 1 saturated heterocycles. The van der Waals surface area contributed by atoms with Crippen LogP contribution in [0.4, 0.5) is 5.69 Å². The van der Waals surface area contributed by atoms with Crippen LogP contribution >= 0.6 is 12.2 Å². The number of piperidine rings is 1. The number of hydrogen-bond donors (Lipinski definition) is 1. The summed E-state index contributed by atoms with van der Waals surface area (Å²) in [4.78, 5) is 28.1. The average molecular weight is 475 g/mol. The van der Waals surface area contributed by atoms with Gasteiger partial charge >= 0.3 is 0 Å². The molecule has 1 aliphatic heterocycles. The van der Waals surface area contributed by atoms with Gasteiger partial charge in [-0.2, -0.15) is 0 Å². The number of amides is 1. The Labute approximate surface area is 201 Å². The first-order valence-corrected chi connectivity index (χ1v) is 11.8. The Morgan fingerprint density at radius 1 is 1.18 bits per heavy atom. The Balaban J connectivity index is 1.44. The molecule has 1 amide bonds. The summed E-state index contributed by atoms with van der Waals surface area (Å²) in [5, 5.41) is 8.32. The molecule has 0 saturated carbocycles. The first kappa shape index (κ1) is 22.2. The highest BCUT2D eigenvalue weighted by Crippen LogP contribution is 2.20. The number of fused-ring (bicyclic) bond motifs is 3. The van der Waals surface area contributed by atoms with E-state index in [1.54, 1.807) is 21.4 Å². The van der Waals surface area contributed by atoms with Crippen LogP contribution in [-0.4, -0.2) is 42.6 Å². The van der Waals surface area contributed by atoms with Crippen LogP contribution in [0, 0.1) is 10.7 Å². The minimum Gasteiger partial charge on any atom is -0.326 e. The maximum atomic E-state index is 13.1. The fraction of sp³-hybridized carbons (Fsp3) is 0.280. The van der Waals surface area contributed by atoms with Crippen LogP contribution in [0.1, 0.15) is 12.8 Å². The van der Waals surface area contributed by atoms with Crippen molar-refractivity contribution >= 4 is 40.5 Å². The highest BCUT2D eigenvalue weighted by molar-refractivity contribution is 7.71. The lowest BCUT2D eigenvalue weighted by molar-refractivity contribution is -0.121. The Bertz CT molecular complexity index is 1490. The Morgan fingerprint density at radius 3 is 2.74 bits per heavy atom. The van der Waals surface area contributed by atoms with Crippen LogP contribution in [0.25, 0.3) is 16.7 Å². The SMILES string of the molecule is C=CCn1c(=O)c2ccccc2n2c(=S)n(CN3CCCC(C(=O)Nc4ccccc4)C3)nc12. The maximum absolute atomic E-state index is 13.1. The van der Waals surface area contributed by atoms with E-state index in [1.165, 1.54) is 0 Å². The molecule has 1 aliphatic rings. The number of likely N-dealkylation sites (tertiary alicyclic amines) is 1. The lowest BCUT2D eigenvalue weighted by Gasteiger charge is -2.31. The molecule has 2 aromatic heterocycles. The van der Waals surface area contributed by atoms with Crippen molar-refractivity contribution in [2.24, 2.45) is 5.92 Å². The van der Waals surface area contributed by atoms with Crippen LogP contribution in [0.2, 0.25) is 0 Å². The number of nitrogens with zero attached hydrogens (tertiary/aromatic N) is 5. The molecule has 1 unspecified atom stereocenters. The van der Waals surface area contributed by atoms with Gasteiger partial charge in [0.1, 0.15) is 0 Å². The largest absolute Gasteiger partial charge is 0.326 e. The number of rotatable bonds is 6. The number of para-hydroxylation sites is 2. The number of nitrogens with one attached hydrogen (secondary N) is 1. The Morgan fingerprint density at radius 2 is 1.94 bits per heavy atom. The molecule has 0 spiro atoms. The third-order valence-corrected chi connectivity index (χ3v) is 6.64. The molecule has 3 heterocycles. The van der Waals surface area contributed by atoms with Gasteiger partial charge in [-0.3, -0.25) is 23.5 Å². The van der Waals surface area contributed by atoms with Gasteiger partial charge in [-0.05, 0) is 55.9 Å². The van der Waals surface area contributed by atoms with E-state index in [0.717, 1.165) is 30.6 Å². The highest BCUT2D eigenvalue weighted by atomic mass is 32.1. The Kier molecular flexibility index (Phi) is 6.12. The predicted molar refractivity (Wildman–Crippen MR) is 135 cm³/mol. The first-order valence-electron chi connectivity index (χ1n) is 11.4. The van der Waals surface area contributed by atoms with Crippen LogP contribution in [-0.2, 0) is 18.0 Å². The van der Waals surface area contributed by atoms with Gasteiger partial charge in [-0.25, -0.2) is 4.68 Å². The van der Waals surface area contributed by atoms with Crippen molar-refractivity contribution in [2.75, 3.05) is 18.4 Å². The van der Waals surface area contributed by atoms with Crippen molar-refractivity contribution in [1.29, 1.82) is 0 Å². The summed E-state index contributed by atoms with van der Waals surface area (Å²) in [6.07, 6.45) is 3.44. The van der Waals surface area contributed by atoms with Crippen LogP contribution in [0.5, 0.6) is 0 Å². The smallest absolute Gasteiger partial charge is 0.263 e. The number of benzene rings is 2. The van der Waals surface area contributed by atoms with Gasteiger partial charge in [0.05, 0.1) is 23.5 Å². The van der Waals surface area contributed by atoms with E-state index in [-0.39, 0.29) is 17.4 Å². The van der Waals surface area contributed by atoms with Crippen molar-refractivity contribution in [3.8, 4) is 0 Å². The third kappa shape index (κ3) is 4.08. The fourth-order valence-electron chi connectivity index (χ4n) is 4.61. The number of carbonyl (C=O) groups excluding carboxylic acids is 1. The molecule has 0 radical (unpaired) electrons. The van der Waals surface area contributed by atoms with E-state index in [4.69, 9.17) is 17.3 Å². The summed E-state index contributed by atoms with van der Waals surface area (Å²) in [5.74, 6) is 0.407. The highest BCUT2D eigenvalue weighted by Gasteiger charge is 2.27. The van der Waals surface area contributed by atoms with Gasteiger partial charge in [-0.1, -0.05) is 36.4 Å². The molecule has 0 bridgehead atoms. The van der Waals surface area contributed by atoms with Crippen molar-refractivity contribution in [3.05, 3.63) is 82.4 Å². The molecule has 9 heteroatoms. The number of allylic oxidation sites excluding steroid dienone is 1. The molecule has 1 N–H and O–H groups in total. The second-order valence-electron chi connectivity index (χ2n) is 8.55. The molecule has 8 nitrogen and oxygen atoms in total. The zero-order chi connectivity index (χ0) is 23.7. The normalized spacial score (nSPS) is 16.6. The Hall–Kier alpha value is -3.56. The summed E-state index contributed by atoms with van der Waals surface area (Å²) in [7, 11) is 0. The topological polar surface area (TPSA) is 76.6 Å². The maximum Gasteiger partial charge on any atom is 0.263 e. The number of anilines is 1. The van der Waals surface area contributed by atoms with Crippen LogP contribution in [0.15, 0.2) is 72.0 Å². The molecule has 1 atom stereocenters. The summed E-state index contributed by atoms with van der Waals surface area (Å²) in [5.41, 5.74) is 1.42. The van der Waals surface area contributed by atoms with Crippen molar-refractivity contribution in [2.45, 2.75) is 26.1 Å². The third-order valence-electron chi connectivity index (χ3n) is 6.25. The van der Waals surface area contributed by atoms with Crippen LogP contribution < -0.4 is 10.9 Å². The standard InChI is InChI=1S/C25H26N6O2S/c1-2-14-29-23(33)20-12-6-7-13-21(20)31-24(29)27-30(25(31)34)17-28-15-8-9-18(16-28)22(32)26-19-10-4-3-5-11-19/h2-7,10-13,18H,1,8-9,14-17H2,(H,26,32). The predicted octanol–water partition coefficient (Wildman–Crippen LogP) is 3.67. The molecular formula is C25H26N6O2S. The van der Waals surface area contributed by atoms with E-state index in [1.807, 2.05) is 52.9 Å². The summed E-state index contributed by atoms with van der Waals surface area (Å²) < 4.78 is 5.69. The number of carbonyl (C=O) groups is 1. The lowest BCUT2D eigenvalue weighted by Crippen LogP contribution is -2.41. The monoisotopic (exact) mass is 474 g/mol. The molecular weight excluding hydrogens is 448 g/mol. The number of hydrogen-bond acceptors (Lipinski definition) is 5. The van der Waals surface area contributed by atoms with E-state index in [9.17, 15) is 9.59 Å². The molecule has 2 aromatic carbocycles. The first-order chi connectivity index (χ1) is 16.6. The quantitative estimate of drug-likeness (QED) is 0.341. The summed E-state index contributed by atoms with van der Waals surface area (Å²) in [6, 6.07) is 16.9. The number of aromatic nitrogens is 4. The lowest BCUT2D eigenvalue weighted by atomic mass is 9.97. The fourth-order valence-corrected chi connectivity index (χ4v) is 4.89. The zero-order valence-electron chi connectivity index (χ0n) is 18.8. The van der Waals surface area contributed by atoms with Gasteiger partial charge < -0.3 is 5.32 Å². The molecule has 5 rings (SSSR count). The minimum atomic E-state index is -0.120. The molecule has 174 valence electrons. The second kappa shape index (κ2) is 9.36. The van der Waals surface area contributed by atoms with Crippen molar-refractivity contribution in [1.82, 2.24) is 23.6 Å². The van der Waals surface area contributed by atoms with E-state index in [0.29, 0.717) is 35.7 Å². The molecule has 1 fully saturated rings. The molecule has 4 aromatic rings. The molecule has 0 aliphatic carbocycles. The van der Waals surface area contributed by atoms with E-state index in [2.05, 4.69) is 16.8 Å². The zero-order valence-corrected chi connectivity index (χ0v) is 19.6.